The van der Waals surface area contributed by atoms with Gasteiger partial charge in [0.15, 0.2) is 10.6 Å². The molecule has 2 heterocycles. The number of nitrogens with zero attached hydrogens (tertiary/aromatic N) is 2. The average molecular weight is 225 g/mol. The highest BCUT2D eigenvalue weighted by molar-refractivity contribution is 7.71. The van der Waals surface area contributed by atoms with Crippen LogP contribution in [-0.4, -0.2) is 19.9 Å². The number of rotatable bonds is 3. The number of aromatic amines is 1. The van der Waals surface area contributed by atoms with Crippen LogP contribution in [0.25, 0.3) is 0 Å². The first-order valence-corrected chi connectivity index (χ1v) is 4.92. The van der Waals surface area contributed by atoms with Crippen molar-refractivity contribution in [1.82, 2.24) is 14.8 Å². The maximum absolute atomic E-state index is 9.03. The third-order valence-electron chi connectivity index (χ3n) is 2.09. The van der Waals surface area contributed by atoms with E-state index < -0.39 is 0 Å². The van der Waals surface area contributed by atoms with Gasteiger partial charge in [-0.3, -0.25) is 9.67 Å². The molecule has 0 radical (unpaired) electrons. The molecule has 0 bridgehead atoms. The number of aliphatic hydroxyl groups excluding tert-OH is 1. The van der Waals surface area contributed by atoms with Gasteiger partial charge in [0.2, 0.25) is 0 Å². The molecule has 2 aromatic rings. The van der Waals surface area contributed by atoms with E-state index in [-0.39, 0.29) is 6.61 Å². The van der Waals surface area contributed by atoms with Crippen LogP contribution in [0.5, 0.6) is 0 Å². The second-order valence-corrected chi connectivity index (χ2v) is 3.59. The number of furan rings is 1. The number of aromatic nitrogens is 3. The van der Waals surface area contributed by atoms with Crippen molar-refractivity contribution in [2.45, 2.75) is 20.1 Å². The summed E-state index contributed by atoms with van der Waals surface area (Å²) in [7, 11) is 0. The van der Waals surface area contributed by atoms with Crippen LogP contribution < -0.4 is 0 Å². The van der Waals surface area contributed by atoms with E-state index in [1.165, 1.54) is 0 Å². The van der Waals surface area contributed by atoms with Gasteiger partial charge in [-0.25, -0.2) is 0 Å². The average Bonchev–Trinajstić information content (AvgIpc) is 2.76. The van der Waals surface area contributed by atoms with E-state index in [1.54, 1.807) is 4.57 Å². The summed E-state index contributed by atoms with van der Waals surface area (Å²) in [4.78, 5) is 0. The third kappa shape index (κ3) is 2.00. The molecule has 80 valence electrons. The summed E-state index contributed by atoms with van der Waals surface area (Å²) in [6.45, 7) is 2.22. The summed E-state index contributed by atoms with van der Waals surface area (Å²) < 4.78 is 7.60. The van der Waals surface area contributed by atoms with Gasteiger partial charge >= 0.3 is 0 Å². The zero-order chi connectivity index (χ0) is 10.8. The number of nitrogens with one attached hydrogen (secondary N) is 1. The Kier molecular flexibility index (Phi) is 2.70. The fourth-order valence-electron chi connectivity index (χ4n) is 1.36. The molecule has 0 amide bonds. The second kappa shape index (κ2) is 4.00. The van der Waals surface area contributed by atoms with E-state index in [0.29, 0.717) is 17.1 Å². The molecule has 0 aliphatic carbocycles. The van der Waals surface area contributed by atoms with Crippen LogP contribution in [0.2, 0.25) is 0 Å². The number of aliphatic hydroxyl groups is 1. The highest BCUT2D eigenvalue weighted by atomic mass is 32.1. The molecule has 6 heteroatoms. The van der Waals surface area contributed by atoms with Gasteiger partial charge in [0.25, 0.3) is 0 Å². The first kappa shape index (κ1) is 10.1. The Morgan fingerprint density at radius 2 is 2.40 bits per heavy atom. The molecule has 2 aromatic heterocycles. The Bertz CT molecular complexity index is 511. The molecule has 0 spiro atoms. The topological polar surface area (TPSA) is 67.0 Å². The van der Waals surface area contributed by atoms with E-state index in [4.69, 9.17) is 21.7 Å². The molecule has 5 nitrogen and oxygen atoms in total. The Morgan fingerprint density at radius 1 is 1.60 bits per heavy atom. The standard InChI is InChI=1S/C9H11N3O2S/c1-6-2-3-7(14-6)4-12-8(5-13)10-11-9(12)15/h2-3,13H,4-5H2,1H3,(H,11,15). The fraction of sp³-hybridized carbons (Fsp3) is 0.333. The predicted octanol–water partition coefficient (Wildman–Crippen LogP) is 1.38. The van der Waals surface area contributed by atoms with Gasteiger partial charge in [-0.2, -0.15) is 5.10 Å². The molecule has 0 unspecified atom stereocenters. The first-order valence-electron chi connectivity index (χ1n) is 4.51. The number of aryl methyl sites for hydroxylation is 1. The Balaban J connectivity index is 2.31. The molecule has 0 aromatic carbocycles. The summed E-state index contributed by atoms with van der Waals surface area (Å²) in [6, 6.07) is 3.77. The first-order chi connectivity index (χ1) is 7.20. The van der Waals surface area contributed by atoms with Gasteiger partial charge < -0.3 is 9.52 Å². The van der Waals surface area contributed by atoms with Crippen molar-refractivity contribution in [3.05, 3.63) is 34.2 Å². The lowest BCUT2D eigenvalue weighted by Gasteiger charge is -2.01. The molecule has 0 atom stereocenters. The number of H-pyrrole nitrogens is 1. The van der Waals surface area contributed by atoms with E-state index >= 15 is 0 Å². The molecule has 0 aliphatic heterocycles. The Morgan fingerprint density at radius 3 is 3.00 bits per heavy atom. The monoisotopic (exact) mass is 225 g/mol. The van der Waals surface area contributed by atoms with E-state index in [1.807, 2.05) is 19.1 Å². The quantitative estimate of drug-likeness (QED) is 0.774. The van der Waals surface area contributed by atoms with E-state index in [0.717, 1.165) is 11.5 Å². The van der Waals surface area contributed by atoms with Crippen LogP contribution in [0.3, 0.4) is 0 Å². The Labute approximate surface area is 91.4 Å². The van der Waals surface area contributed by atoms with E-state index in [2.05, 4.69) is 10.2 Å². The molecular weight excluding hydrogens is 214 g/mol. The SMILES string of the molecule is Cc1ccc(Cn2c(CO)n[nH]c2=S)o1. The zero-order valence-corrected chi connectivity index (χ0v) is 9.04. The minimum absolute atomic E-state index is 0.146. The smallest absolute Gasteiger partial charge is 0.195 e. The summed E-state index contributed by atoms with van der Waals surface area (Å²) in [6.07, 6.45) is 0. The van der Waals surface area contributed by atoms with Crippen LogP contribution in [0.1, 0.15) is 17.3 Å². The molecule has 0 saturated heterocycles. The van der Waals surface area contributed by atoms with Crippen molar-refractivity contribution in [1.29, 1.82) is 0 Å². The van der Waals surface area contributed by atoms with Gasteiger partial charge in [0, 0.05) is 0 Å². The highest BCUT2D eigenvalue weighted by Gasteiger charge is 2.07. The lowest BCUT2D eigenvalue weighted by atomic mass is 10.4. The second-order valence-electron chi connectivity index (χ2n) is 3.20. The van der Waals surface area contributed by atoms with Crippen molar-refractivity contribution < 1.29 is 9.52 Å². The molecule has 0 saturated carbocycles. The van der Waals surface area contributed by atoms with Crippen molar-refractivity contribution in [2.24, 2.45) is 0 Å². The van der Waals surface area contributed by atoms with Crippen LogP contribution in [0.15, 0.2) is 16.5 Å². The summed E-state index contributed by atoms with van der Waals surface area (Å²) >= 11 is 5.04. The molecule has 2 N–H and O–H groups in total. The third-order valence-corrected chi connectivity index (χ3v) is 2.40. The van der Waals surface area contributed by atoms with Crippen LogP contribution in [0, 0.1) is 11.7 Å². The van der Waals surface area contributed by atoms with Crippen molar-refractivity contribution in [3.8, 4) is 0 Å². The van der Waals surface area contributed by atoms with Crippen molar-refractivity contribution >= 4 is 12.2 Å². The van der Waals surface area contributed by atoms with Crippen LogP contribution in [0.4, 0.5) is 0 Å². The highest BCUT2D eigenvalue weighted by Crippen LogP contribution is 2.09. The minimum atomic E-state index is -0.146. The van der Waals surface area contributed by atoms with Crippen molar-refractivity contribution in [2.75, 3.05) is 0 Å². The molecule has 0 aliphatic rings. The van der Waals surface area contributed by atoms with Crippen LogP contribution >= 0.6 is 12.2 Å². The van der Waals surface area contributed by atoms with Crippen molar-refractivity contribution in [3.63, 3.8) is 0 Å². The number of hydrogen-bond donors (Lipinski definition) is 2. The lowest BCUT2D eigenvalue weighted by Crippen LogP contribution is -2.04. The van der Waals surface area contributed by atoms with Gasteiger partial charge in [-0.05, 0) is 31.3 Å². The van der Waals surface area contributed by atoms with Gasteiger partial charge in [-0.15, -0.1) is 0 Å². The Hall–Kier alpha value is -1.40. The van der Waals surface area contributed by atoms with Gasteiger partial charge in [0.05, 0.1) is 6.54 Å². The van der Waals surface area contributed by atoms with Gasteiger partial charge in [0.1, 0.15) is 18.1 Å². The molecular formula is C9H11N3O2S. The predicted molar refractivity (Wildman–Crippen MR) is 55.9 cm³/mol. The molecule has 2 rings (SSSR count). The molecule has 0 fully saturated rings. The normalized spacial score (nSPS) is 10.8. The zero-order valence-electron chi connectivity index (χ0n) is 8.23. The van der Waals surface area contributed by atoms with E-state index in [9.17, 15) is 0 Å². The largest absolute Gasteiger partial charge is 0.464 e. The lowest BCUT2D eigenvalue weighted by molar-refractivity contribution is 0.264. The molecule has 15 heavy (non-hydrogen) atoms. The maximum atomic E-state index is 9.03. The summed E-state index contributed by atoms with van der Waals surface area (Å²) in [5.41, 5.74) is 0. The summed E-state index contributed by atoms with van der Waals surface area (Å²) in [5.74, 6) is 2.15. The maximum Gasteiger partial charge on any atom is 0.195 e. The van der Waals surface area contributed by atoms with Gasteiger partial charge in [-0.1, -0.05) is 0 Å². The summed E-state index contributed by atoms with van der Waals surface area (Å²) in [5, 5.41) is 15.6. The number of hydrogen-bond acceptors (Lipinski definition) is 4. The minimum Gasteiger partial charge on any atom is -0.464 e. The fourth-order valence-corrected chi connectivity index (χ4v) is 1.58. The van der Waals surface area contributed by atoms with Crippen LogP contribution in [-0.2, 0) is 13.2 Å².